The van der Waals surface area contributed by atoms with Crippen molar-refractivity contribution in [2.45, 2.75) is 12.5 Å². The molecule has 1 unspecified atom stereocenters. The maximum absolute atomic E-state index is 5.56. The Balaban J connectivity index is 2.19. The van der Waals surface area contributed by atoms with Crippen molar-refractivity contribution < 1.29 is 0 Å². The van der Waals surface area contributed by atoms with Gasteiger partial charge < -0.3 is 0 Å². The maximum atomic E-state index is 5.56. The molecular formula is C12H13BrN4. The standard InChI is InChI=1S/C12H13BrN4/c13-10-5-2-1-4-9(10)8-11(17-14)12-15-6-3-7-16-12/h1-7,11,17H,8,14H2. The van der Waals surface area contributed by atoms with Gasteiger partial charge in [-0.2, -0.15) is 0 Å². The fraction of sp³-hybridized carbons (Fsp3) is 0.167. The summed E-state index contributed by atoms with van der Waals surface area (Å²) in [7, 11) is 0. The Labute approximate surface area is 108 Å². The highest BCUT2D eigenvalue weighted by atomic mass is 79.9. The van der Waals surface area contributed by atoms with Crippen LogP contribution in [0.2, 0.25) is 0 Å². The highest BCUT2D eigenvalue weighted by Crippen LogP contribution is 2.21. The summed E-state index contributed by atoms with van der Waals surface area (Å²) in [5.74, 6) is 6.26. The Morgan fingerprint density at radius 3 is 2.53 bits per heavy atom. The molecule has 88 valence electrons. The van der Waals surface area contributed by atoms with Gasteiger partial charge in [-0.3, -0.25) is 5.84 Å². The van der Waals surface area contributed by atoms with Crippen LogP contribution in [0.15, 0.2) is 47.2 Å². The molecule has 17 heavy (non-hydrogen) atoms. The minimum absolute atomic E-state index is 0.0881. The number of hydrogen-bond donors (Lipinski definition) is 2. The summed E-state index contributed by atoms with van der Waals surface area (Å²) < 4.78 is 1.07. The Hall–Kier alpha value is -1.30. The van der Waals surface area contributed by atoms with Crippen LogP contribution in [0.3, 0.4) is 0 Å². The molecule has 0 bridgehead atoms. The minimum atomic E-state index is -0.0881. The van der Waals surface area contributed by atoms with E-state index in [2.05, 4.69) is 37.4 Å². The fourth-order valence-corrected chi connectivity index (χ4v) is 2.05. The van der Waals surface area contributed by atoms with Crippen molar-refractivity contribution in [2.75, 3.05) is 0 Å². The van der Waals surface area contributed by atoms with Crippen LogP contribution in [0.1, 0.15) is 17.4 Å². The molecule has 0 aliphatic heterocycles. The molecule has 4 nitrogen and oxygen atoms in total. The molecule has 3 N–H and O–H groups in total. The number of rotatable bonds is 4. The van der Waals surface area contributed by atoms with Crippen LogP contribution in [0.25, 0.3) is 0 Å². The first kappa shape index (κ1) is 12.2. The Morgan fingerprint density at radius 2 is 1.88 bits per heavy atom. The lowest BCUT2D eigenvalue weighted by Crippen LogP contribution is -2.31. The van der Waals surface area contributed by atoms with Crippen LogP contribution in [0.4, 0.5) is 0 Å². The van der Waals surface area contributed by atoms with Gasteiger partial charge >= 0.3 is 0 Å². The van der Waals surface area contributed by atoms with Gasteiger partial charge in [0.1, 0.15) is 5.82 Å². The van der Waals surface area contributed by atoms with Crippen molar-refractivity contribution in [1.29, 1.82) is 0 Å². The van der Waals surface area contributed by atoms with E-state index in [1.807, 2.05) is 18.2 Å². The molecule has 0 aliphatic carbocycles. The Morgan fingerprint density at radius 1 is 1.18 bits per heavy atom. The van der Waals surface area contributed by atoms with Gasteiger partial charge in [-0.05, 0) is 24.1 Å². The zero-order chi connectivity index (χ0) is 12.1. The predicted molar refractivity (Wildman–Crippen MR) is 69.9 cm³/mol. The zero-order valence-corrected chi connectivity index (χ0v) is 10.8. The maximum Gasteiger partial charge on any atom is 0.146 e. The van der Waals surface area contributed by atoms with Gasteiger partial charge in [0.15, 0.2) is 0 Å². The summed E-state index contributed by atoms with van der Waals surface area (Å²) in [6.45, 7) is 0. The molecule has 0 spiro atoms. The average molecular weight is 293 g/mol. The number of hydrogen-bond acceptors (Lipinski definition) is 4. The number of aromatic nitrogens is 2. The first-order chi connectivity index (χ1) is 8.31. The predicted octanol–water partition coefficient (Wildman–Crippen LogP) is 1.99. The van der Waals surface area contributed by atoms with Crippen molar-refractivity contribution in [3.63, 3.8) is 0 Å². The van der Waals surface area contributed by atoms with E-state index in [0.29, 0.717) is 5.82 Å². The second-order valence-corrected chi connectivity index (χ2v) is 4.48. The number of hydrazine groups is 1. The van der Waals surface area contributed by atoms with Gasteiger partial charge in [0.05, 0.1) is 6.04 Å². The van der Waals surface area contributed by atoms with Crippen LogP contribution in [-0.2, 0) is 6.42 Å². The molecule has 1 atom stereocenters. The molecule has 1 aromatic carbocycles. The summed E-state index contributed by atoms with van der Waals surface area (Å²) in [5, 5.41) is 0. The van der Waals surface area contributed by atoms with Crippen LogP contribution in [-0.4, -0.2) is 9.97 Å². The molecule has 2 rings (SSSR count). The average Bonchev–Trinajstić information content (AvgIpc) is 2.39. The van der Waals surface area contributed by atoms with Gasteiger partial charge in [-0.25, -0.2) is 15.4 Å². The van der Waals surface area contributed by atoms with E-state index in [0.717, 1.165) is 10.9 Å². The van der Waals surface area contributed by atoms with E-state index in [-0.39, 0.29) is 6.04 Å². The lowest BCUT2D eigenvalue weighted by Gasteiger charge is -2.14. The number of nitrogens with zero attached hydrogens (tertiary/aromatic N) is 2. The van der Waals surface area contributed by atoms with E-state index < -0.39 is 0 Å². The third-order valence-corrected chi connectivity index (χ3v) is 3.25. The molecule has 2 aromatic rings. The molecule has 0 aliphatic rings. The summed E-state index contributed by atoms with van der Waals surface area (Å²) in [5.41, 5.74) is 3.92. The van der Waals surface area contributed by atoms with Crippen molar-refractivity contribution >= 4 is 15.9 Å². The van der Waals surface area contributed by atoms with E-state index in [9.17, 15) is 0 Å². The Kier molecular flexibility index (Phi) is 4.19. The van der Waals surface area contributed by atoms with Crippen molar-refractivity contribution in [1.82, 2.24) is 15.4 Å². The largest absolute Gasteiger partial charge is 0.271 e. The highest BCUT2D eigenvalue weighted by Gasteiger charge is 2.14. The number of nitrogens with one attached hydrogen (secondary N) is 1. The van der Waals surface area contributed by atoms with Gasteiger partial charge in [0.25, 0.3) is 0 Å². The third-order valence-electron chi connectivity index (χ3n) is 2.48. The van der Waals surface area contributed by atoms with Crippen LogP contribution < -0.4 is 11.3 Å². The number of halogens is 1. The molecule has 0 radical (unpaired) electrons. The Bertz CT molecular complexity index is 475. The molecule has 0 amide bonds. The minimum Gasteiger partial charge on any atom is -0.271 e. The summed E-state index contributed by atoms with van der Waals surface area (Å²) in [6.07, 6.45) is 4.17. The van der Waals surface area contributed by atoms with Gasteiger partial charge in [0, 0.05) is 16.9 Å². The van der Waals surface area contributed by atoms with E-state index in [1.54, 1.807) is 18.5 Å². The molecular weight excluding hydrogens is 280 g/mol. The van der Waals surface area contributed by atoms with Crippen molar-refractivity contribution in [3.05, 3.63) is 58.6 Å². The molecule has 1 heterocycles. The first-order valence-electron chi connectivity index (χ1n) is 5.27. The van der Waals surface area contributed by atoms with Gasteiger partial charge in [0.2, 0.25) is 0 Å². The van der Waals surface area contributed by atoms with Gasteiger partial charge in [-0.15, -0.1) is 0 Å². The van der Waals surface area contributed by atoms with Crippen molar-refractivity contribution in [2.24, 2.45) is 5.84 Å². The monoisotopic (exact) mass is 292 g/mol. The quantitative estimate of drug-likeness (QED) is 0.668. The van der Waals surface area contributed by atoms with E-state index in [1.165, 1.54) is 5.56 Å². The summed E-state index contributed by atoms with van der Waals surface area (Å²) in [4.78, 5) is 8.41. The smallest absolute Gasteiger partial charge is 0.146 e. The molecule has 5 heteroatoms. The van der Waals surface area contributed by atoms with Crippen LogP contribution >= 0.6 is 15.9 Å². The topological polar surface area (TPSA) is 63.8 Å². The number of benzene rings is 1. The van der Waals surface area contributed by atoms with E-state index in [4.69, 9.17) is 5.84 Å². The summed E-state index contributed by atoms with van der Waals surface area (Å²) >= 11 is 3.52. The molecule has 1 aromatic heterocycles. The zero-order valence-electron chi connectivity index (χ0n) is 9.18. The lowest BCUT2D eigenvalue weighted by atomic mass is 10.1. The first-order valence-corrected chi connectivity index (χ1v) is 6.07. The van der Waals surface area contributed by atoms with Crippen molar-refractivity contribution in [3.8, 4) is 0 Å². The second-order valence-electron chi connectivity index (χ2n) is 3.62. The van der Waals surface area contributed by atoms with Crippen LogP contribution in [0.5, 0.6) is 0 Å². The normalized spacial score (nSPS) is 12.4. The van der Waals surface area contributed by atoms with Crippen LogP contribution in [0, 0.1) is 0 Å². The van der Waals surface area contributed by atoms with E-state index >= 15 is 0 Å². The second kappa shape index (κ2) is 5.86. The molecule has 0 fully saturated rings. The fourth-order valence-electron chi connectivity index (χ4n) is 1.60. The highest BCUT2D eigenvalue weighted by molar-refractivity contribution is 9.10. The summed E-state index contributed by atoms with van der Waals surface area (Å²) in [6, 6.07) is 9.74. The van der Waals surface area contributed by atoms with Gasteiger partial charge in [-0.1, -0.05) is 34.1 Å². The number of nitrogens with two attached hydrogens (primary N) is 1. The molecule has 0 saturated heterocycles. The lowest BCUT2D eigenvalue weighted by molar-refractivity contribution is 0.522. The SMILES string of the molecule is NNC(Cc1ccccc1Br)c1ncccn1. The molecule has 0 saturated carbocycles. The third kappa shape index (κ3) is 3.09.